The number of halogens is 2. The Balaban J connectivity index is 1.52. The highest BCUT2D eigenvalue weighted by molar-refractivity contribution is 7.99. The van der Waals surface area contributed by atoms with Crippen LogP contribution in [0.4, 0.5) is 14.5 Å². The van der Waals surface area contributed by atoms with Crippen molar-refractivity contribution in [1.82, 2.24) is 4.98 Å². The largest absolute Gasteiger partial charge is 0.497 e. The number of methoxy groups -OCH3 is 1. The summed E-state index contributed by atoms with van der Waals surface area (Å²) in [6.07, 6.45) is 0. The second-order valence-electron chi connectivity index (χ2n) is 5.79. The van der Waals surface area contributed by atoms with E-state index in [0.29, 0.717) is 5.75 Å². The number of thioether (sulfide) groups is 1. The zero-order chi connectivity index (χ0) is 20.6. The third kappa shape index (κ3) is 6.16. The minimum atomic E-state index is -2.95. The molecule has 1 heterocycles. The van der Waals surface area contributed by atoms with Gasteiger partial charge in [-0.05, 0) is 24.3 Å². The first-order valence-electron chi connectivity index (χ1n) is 8.55. The Labute approximate surface area is 175 Å². The molecule has 0 aliphatic carbocycles. The molecule has 1 N–H and O–H groups in total. The number of para-hydroxylation sites is 2. The summed E-state index contributed by atoms with van der Waals surface area (Å²) in [5.74, 6) is 1.12. The van der Waals surface area contributed by atoms with Crippen molar-refractivity contribution in [2.45, 2.75) is 12.4 Å². The quantitative estimate of drug-likeness (QED) is 0.494. The molecular weight excluding hydrogens is 418 g/mol. The third-order valence-electron chi connectivity index (χ3n) is 3.73. The number of carbonyl (C=O) groups excluding carboxylic acids is 1. The number of hydrogen-bond acceptors (Lipinski definition) is 6. The third-order valence-corrected chi connectivity index (χ3v) is 5.64. The first-order chi connectivity index (χ1) is 14.0. The first kappa shape index (κ1) is 21.1. The Morgan fingerprint density at radius 2 is 2.07 bits per heavy atom. The number of carbonyl (C=O) groups is 1. The molecule has 0 radical (unpaired) electrons. The molecule has 152 valence electrons. The van der Waals surface area contributed by atoms with Crippen LogP contribution in [0.5, 0.6) is 11.5 Å². The molecule has 3 aromatic rings. The van der Waals surface area contributed by atoms with Gasteiger partial charge in [0.05, 0.1) is 24.2 Å². The van der Waals surface area contributed by atoms with Crippen LogP contribution in [0.25, 0.3) is 10.6 Å². The summed E-state index contributed by atoms with van der Waals surface area (Å²) in [7, 11) is 1.62. The molecule has 0 aliphatic heterocycles. The second kappa shape index (κ2) is 10.2. The summed E-state index contributed by atoms with van der Waals surface area (Å²) in [5.41, 5.74) is 2.05. The molecule has 0 saturated heterocycles. The molecule has 0 spiro atoms. The molecule has 0 bridgehead atoms. The zero-order valence-electron chi connectivity index (χ0n) is 15.4. The number of amides is 1. The van der Waals surface area contributed by atoms with Gasteiger partial charge in [0.1, 0.15) is 16.5 Å². The number of aromatic nitrogens is 1. The van der Waals surface area contributed by atoms with E-state index in [2.05, 4.69) is 15.0 Å². The van der Waals surface area contributed by atoms with E-state index in [-0.39, 0.29) is 23.1 Å². The minimum Gasteiger partial charge on any atom is -0.497 e. The number of nitrogens with zero attached hydrogens (tertiary/aromatic N) is 1. The maximum absolute atomic E-state index is 12.4. The Morgan fingerprint density at radius 3 is 2.86 bits per heavy atom. The smallest absolute Gasteiger partial charge is 0.387 e. The summed E-state index contributed by atoms with van der Waals surface area (Å²) in [4.78, 5) is 16.7. The number of anilines is 1. The molecule has 29 heavy (non-hydrogen) atoms. The van der Waals surface area contributed by atoms with E-state index < -0.39 is 6.61 Å². The number of nitrogens with one attached hydrogen (secondary N) is 1. The Bertz CT molecular complexity index is 966. The Hall–Kier alpha value is -2.65. The normalized spacial score (nSPS) is 10.8. The summed E-state index contributed by atoms with van der Waals surface area (Å²) >= 11 is 2.91. The monoisotopic (exact) mass is 436 g/mol. The van der Waals surface area contributed by atoms with Crippen molar-refractivity contribution in [3.63, 3.8) is 0 Å². The number of thiazole rings is 1. The highest BCUT2D eigenvalue weighted by atomic mass is 32.2. The van der Waals surface area contributed by atoms with Crippen LogP contribution in [0.1, 0.15) is 5.69 Å². The summed E-state index contributed by atoms with van der Waals surface area (Å²) < 4.78 is 34.5. The highest BCUT2D eigenvalue weighted by Gasteiger charge is 2.12. The fraction of sp³-hybridized carbons (Fsp3) is 0.200. The summed E-state index contributed by atoms with van der Waals surface area (Å²) in [5, 5.41) is 5.42. The van der Waals surface area contributed by atoms with Crippen LogP contribution in [0.2, 0.25) is 0 Å². The van der Waals surface area contributed by atoms with Gasteiger partial charge < -0.3 is 14.8 Å². The fourth-order valence-corrected chi connectivity index (χ4v) is 4.10. The SMILES string of the molecule is COc1cccc(-c2nc(CSCC(=O)Nc3ccccc3OC(F)F)cs2)c1. The predicted molar refractivity (Wildman–Crippen MR) is 112 cm³/mol. The second-order valence-corrected chi connectivity index (χ2v) is 7.64. The molecular formula is C20H18F2N2O3S2. The van der Waals surface area contributed by atoms with Gasteiger partial charge in [-0.3, -0.25) is 4.79 Å². The van der Waals surface area contributed by atoms with Gasteiger partial charge >= 0.3 is 6.61 Å². The Kier molecular flexibility index (Phi) is 7.42. The summed E-state index contributed by atoms with van der Waals surface area (Å²) in [6, 6.07) is 13.7. The molecule has 1 aromatic heterocycles. The van der Waals surface area contributed by atoms with Crippen LogP contribution in [-0.4, -0.2) is 30.4 Å². The van der Waals surface area contributed by atoms with Gasteiger partial charge in [0.15, 0.2) is 0 Å². The van der Waals surface area contributed by atoms with Crippen molar-refractivity contribution in [3.8, 4) is 22.1 Å². The molecule has 9 heteroatoms. The highest BCUT2D eigenvalue weighted by Crippen LogP contribution is 2.28. The lowest BCUT2D eigenvalue weighted by Crippen LogP contribution is -2.15. The van der Waals surface area contributed by atoms with Crippen LogP contribution < -0.4 is 14.8 Å². The van der Waals surface area contributed by atoms with Gasteiger partial charge in [-0.25, -0.2) is 4.98 Å². The first-order valence-corrected chi connectivity index (χ1v) is 10.6. The topological polar surface area (TPSA) is 60.5 Å². The van der Waals surface area contributed by atoms with E-state index in [1.54, 1.807) is 19.2 Å². The van der Waals surface area contributed by atoms with Crippen molar-refractivity contribution in [2.75, 3.05) is 18.2 Å². The molecule has 0 saturated carbocycles. The lowest BCUT2D eigenvalue weighted by atomic mass is 10.2. The van der Waals surface area contributed by atoms with Crippen molar-refractivity contribution in [3.05, 3.63) is 59.6 Å². The average Bonchev–Trinajstić information content (AvgIpc) is 3.18. The van der Waals surface area contributed by atoms with E-state index in [9.17, 15) is 13.6 Å². The lowest BCUT2D eigenvalue weighted by Gasteiger charge is -2.11. The van der Waals surface area contributed by atoms with Gasteiger partial charge in [0, 0.05) is 16.7 Å². The number of rotatable bonds is 9. The van der Waals surface area contributed by atoms with E-state index in [4.69, 9.17) is 4.74 Å². The molecule has 0 unspecified atom stereocenters. The minimum absolute atomic E-state index is 0.0664. The van der Waals surface area contributed by atoms with Crippen LogP contribution >= 0.6 is 23.1 Å². The number of benzene rings is 2. The molecule has 3 rings (SSSR count). The molecule has 5 nitrogen and oxygen atoms in total. The standard InChI is InChI=1S/C20H18F2N2O3S2/c1-26-15-6-4-5-13(9-15)19-23-14(11-29-19)10-28-12-18(25)24-16-7-2-3-8-17(16)27-20(21)22/h2-9,11,20H,10,12H2,1H3,(H,24,25). The van der Waals surface area contributed by atoms with Crippen LogP contribution in [0, 0.1) is 0 Å². The number of alkyl halides is 2. The average molecular weight is 437 g/mol. The molecule has 0 aliphatic rings. The van der Waals surface area contributed by atoms with Crippen LogP contribution in [0.15, 0.2) is 53.9 Å². The van der Waals surface area contributed by atoms with Gasteiger partial charge in [0.2, 0.25) is 5.91 Å². The fourth-order valence-electron chi connectivity index (χ4n) is 2.47. The van der Waals surface area contributed by atoms with Gasteiger partial charge in [-0.2, -0.15) is 8.78 Å². The van der Waals surface area contributed by atoms with E-state index in [0.717, 1.165) is 22.0 Å². The van der Waals surface area contributed by atoms with E-state index >= 15 is 0 Å². The number of hydrogen-bond donors (Lipinski definition) is 1. The maximum Gasteiger partial charge on any atom is 0.387 e. The number of ether oxygens (including phenoxy) is 2. The van der Waals surface area contributed by atoms with Crippen LogP contribution in [-0.2, 0) is 10.5 Å². The van der Waals surface area contributed by atoms with Gasteiger partial charge in [-0.15, -0.1) is 23.1 Å². The Morgan fingerprint density at radius 1 is 1.24 bits per heavy atom. The maximum atomic E-state index is 12.4. The molecule has 0 fully saturated rings. The van der Waals surface area contributed by atoms with Gasteiger partial charge in [-0.1, -0.05) is 24.3 Å². The molecule has 2 aromatic carbocycles. The van der Waals surface area contributed by atoms with Gasteiger partial charge in [0.25, 0.3) is 0 Å². The van der Waals surface area contributed by atoms with Crippen molar-refractivity contribution < 1.29 is 23.0 Å². The van der Waals surface area contributed by atoms with Crippen LogP contribution in [0.3, 0.4) is 0 Å². The van der Waals surface area contributed by atoms with Crippen molar-refractivity contribution >= 4 is 34.7 Å². The van der Waals surface area contributed by atoms with E-state index in [1.165, 1.54) is 35.2 Å². The predicted octanol–water partition coefficient (Wildman–Crippen LogP) is 5.29. The van der Waals surface area contributed by atoms with Crippen molar-refractivity contribution in [1.29, 1.82) is 0 Å². The molecule has 1 amide bonds. The lowest BCUT2D eigenvalue weighted by molar-refractivity contribution is -0.113. The van der Waals surface area contributed by atoms with Crippen molar-refractivity contribution in [2.24, 2.45) is 0 Å². The van der Waals surface area contributed by atoms with E-state index in [1.807, 2.05) is 29.6 Å². The summed E-state index contributed by atoms with van der Waals surface area (Å²) in [6.45, 7) is -2.95. The zero-order valence-corrected chi connectivity index (χ0v) is 17.1. The molecule has 0 atom stereocenters.